The minimum atomic E-state index is -4.29. The van der Waals surface area contributed by atoms with Crippen LogP contribution in [0.1, 0.15) is 75.3 Å². The molecule has 2 aromatic carbocycles. The van der Waals surface area contributed by atoms with E-state index in [4.69, 9.17) is 0 Å². The molecular weight excluding hydrogens is 689 g/mol. The molecule has 4 N–H and O–H groups in total. The van der Waals surface area contributed by atoms with Gasteiger partial charge in [-0.25, -0.2) is 10.9 Å². The van der Waals surface area contributed by atoms with Gasteiger partial charge >= 0.3 is 12.4 Å². The first-order valence-corrected chi connectivity index (χ1v) is 17.1. The van der Waals surface area contributed by atoms with E-state index in [1.165, 1.54) is 88.5 Å². The van der Waals surface area contributed by atoms with Crippen LogP contribution in [-0.2, 0) is 12.4 Å². The molecule has 0 aromatic heterocycles. The van der Waals surface area contributed by atoms with Crippen molar-refractivity contribution in [1.82, 2.24) is 10.9 Å². The third-order valence-electron chi connectivity index (χ3n) is 12.3. The van der Waals surface area contributed by atoms with Crippen LogP contribution < -0.4 is 20.9 Å². The first kappa shape index (κ1) is 39.9. The molecule has 13 heteroatoms. The maximum Gasteiger partial charge on any atom is 0.416 e. The fourth-order valence-corrected chi connectivity index (χ4v) is 10.6. The minimum absolute atomic E-state index is 0. The highest BCUT2D eigenvalue weighted by Crippen LogP contribution is 2.55. The van der Waals surface area contributed by atoms with Crippen LogP contribution in [0.2, 0.25) is 0 Å². The van der Waals surface area contributed by atoms with Gasteiger partial charge in [0.25, 0.3) is 0 Å². The van der Waals surface area contributed by atoms with E-state index in [0.717, 1.165) is 35.8 Å². The number of benzene rings is 2. The molecule has 8 bridgehead atoms. The van der Waals surface area contributed by atoms with Crippen molar-refractivity contribution in [2.24, 2.45) is 47.3 Å². The first-order valence-electron chi connectivity index (χ1n) is 17.1. The lowest BCUT2D eigenvalue weighted by Gasteiger charge is -2.55. The van der Waals surface area contributed by atoms with Gasteiger partial charge in [-0.2, -0.15) is 26.3 Å². The predicted molar refractivity (Wildman–Crippen MR) is 186 cm³/mol. The lowest BCUT2D eigenvalue weighted by molar-refractivity contribution is -0.138. The van der Waals surface area contributed by atoms with Crippen molar-refractivity contribution in [1.29, 1.82) is 0 Å². The zero-order valence-electron chi connectivity index (χ0n) is 27.9. The number of nitrogens with zero attached hydrogens (tertiary/aromatic N) is 2. The normalized spacial score (nSPS) is 33.4. The second-order valence-electron chi connectivity index (χ2n) is 15.4. The standard InChI is InChI=1S/2C18H23F3N2.2ClH.H2O/c2*1-23(16-4-2-3-15(10-16)18(19,20)21)22-17-13-6-11-5-12(8-13)9-14(17)7-11;;;/h2*2-4,10-14,17,22H,5-9H2,1H3;2*1H;1H2. The van der Waals surface area contributed by atoms with Gasteiger partial charge in [-0.3, -0.25) is 0 Å². The Morgan fingerprint density at radius 1 is 0.510 bits per heavy atom. The van der Waals surface area contributed by atoms with E-state index in [2.05, 4.69) is 10.9 Å². The Kier molecular flexibility index (Phi) is 12.5. The number of hydrogen-bond acceptors (Lipinski definition) is 4. The summed E-state index contributed by atoms with van der Waals surface area (Å²) < 4.78 is 77.3. The van der Waals surface area contributed by atoms with Crippen molar-refractivity contribution in [3.63, 3.8) is 0 Å². The van der Waals surface area contributed by atoms with E-state index >= 15 is 0 Å². The number of halogens is 8. The molecular formula is C36H50Cl2F6N4O. The van der Waals surface area contributed by atoms with Gasteiger partial charge in [0.1, 0.15) is 0 Å². The molecule has 2 aromatic rings. The Hall–Kier alpha value is -1.92. The third-order valence-corrected chi connectivity index (χ3v) is 12.3. The summed E-state index contributed by atoms with van der Waals surface area (Å²) in [7, 11) is 3.67. The van der Waals surface area contributed by atoms with Crippen molar-refractivity contribution in [3.05, 3.63) is 59.7 Å². The van der Waals surface area contributed by atoms with E-state index in [9.17, 15) is 26.3 Å². The second kappa shape index (κ2) is 15.4. The van der Waals surface area contributed by atoms with E-state index in [-0.39, 0.29) is 30.3 Å². The molecule has 49 heavy (non-hydrogen) atoms. The topological polar surface area (TPSA) is 62.0 Å². The Morgan fingerprint density at radius 2 is 0.796 bits per heavy atom. The number of alkyl halides is 6. The maximum absolute atomic E-state index is 12.9. The number of hydrogen-bond donors (Lipinski definition) is 2. The molecule has 276 valence electrons. The van der Waals surface area contributed by atoms with Crippen LogP contribution in [-0.4, -0.2) is 31.7 Å². The Bertz CT molecular complexity index is 1230. The molecule has 0 aliphatic heterocycles. The molecule has 8 fully saturated rings. The van der Waals surface area contributed by atoms with Crippen LogP contribution >= 0.6 is 24.8 Å². The molecule has 0 spiro atoms. The largest absolute Gasteiger partial charge is 0.416 e. The van der Waals surface area contributed by atoms with Gasteiger partial charge in [-0.1, -0.05) is 12.1 Å². The predicted octanol–water partition coefficient (Wildman–Crippen LogP) is 8.96. The fraction of sp³-hybridized carbons (Fsp3) is 0.667. The van der Waals surface area contributed by atoms with Gasteiger partial charge in [0.2, 0.25) is 0 Å². The van der Waals surface area contributed by atoms with E-state index in [1.54, 1.807) is 22.2 Å². The zero-order valence-corrected chi connectivity index (χ0v) is 29.6. The number of rotatable bonds is 6. The average molecular weight is 740 g/mol. The summed E-state index contributed by atoms with van der Waals surface area (Å²) in [6, 6.07) is 12.0. The molecule has 8 aliphatic rings. The lowest BCUT2D eigenvalue weighted by atomic mass is 9.54. The highest BCUT2D eigenvalue weighted by Gasteiger charge is 2.49. The molecule has 8 aliphatic carbocycles. The third kappa shape index (κ3) is 8.59. The maximum atomic E-state index is 12.9. The summed E-state index contributed by atoms with van der Waals surface area (Å²) >= 11 is 0. The van der Waals surface area contributed by atoms with Crippen LogP contribution in [0.3, 0.4) is 0 Å². The Morgan fingerprint density at radius 3 is 1.06 bits per heavy atom. The van der Waals surface area contributed by atoms with Gasteiger partial charge in [-0.15, -0.1) is 24.8 Å². The molecule has 0 radical (unpaired) electrons. The Balaban J connectivity index is 0.000000208. The van der Waals surface area contributed by atoms with Gasteiger partial charge in [0.15, 0.2) is 0 Å². The van der Waals surface area contributed by atoms with Crippen molar-refractivity contribution >= 4 is 36.2 Å². The second-order valence-corrected chi connectivity index (χ2v) is 15.4. The average Bonchev–Trinajstić information content (AvgIpc) is 2.99. The molecule has 5 nitrogen and oxygen atoms in total. The molecule has 0 heterocycles. The summed E-state index contributed by atoms with van der Waals surface area (Å²) in [6.45, 7) is 0. The summed E-state index contributed by atoms with van der Waals surface area (Å²) in [6.07, 6.45) is 4.57. The summed E-state index contributed by atoms with van der Waals surface area (Å²) in [5.74, 6) is 6.37. The van der Waals surface area contributed by atoms with Crippen LogP contribution in [0.25, 0.3) is 0 Å². The number of hydrazine groups is 2. The van der Waals surface area contributed by atoms with Gasteiger partial charge in [0, 0.05) is 26.2 Å². The van der Waals surface area contributed by atoms with Crippen molar-refractivity contribution in [2.75, 3.05) is 24.1 Å². The van der Waals surface area contributed by atoms with E-state index < -0.39 is 23.5 Å². The first-order chi connectivity index (χ1) is 21.8. The summed E-state index contributed by atoms with van der Waals surface area (Å²) in [5.41, 5.74) is 7.02. The van der Waals surface area contributed by atoms with E-state index in [0.29, 0.717) is 47.1 Å². The van der Waals surface area contributed by atoms with Crippen molar-refractivity contribution in [2.45, 2.75) is 88.6 Å². The molecule has 0 unspecified atom stereocenters. The van der Waals surface area contributed by atoms with Crippen LogP contribution in [0.5, 0.6) is 0 Å². The van der Waals surface area contributed by atoms with Crippen LogP contribution in [0, 0.1) is 47.3 Å². The van der Waals surface area contributed by atoms with Crippen LogP contribution in [0.4, 0.5) is 37.7 Å². The van der Waals surface area contributed by atoms with Crippen molar-refractivity contribution in [3.8, 4) is 0 Å². The summed E-state index contributed by atoms with van der Waals surface area (Å²) in [5, 5.41) is 3.59. The lowest BCUT2D eigenvalue weighted by Crippen LogP contribution is -2.58. The van der Waals surface area contributed by atoms with Crippen molar-refractivity contribution < 1.29 is 31.8 Å². The smallest absolute Gasteiger partial charge is 0.412 e. The minimum Gasteiger partial charge on any atom is -0.412 e. The summed E-state index contributed by atoms with van der Waals surface area (Å²) in [4.78, 5) is 0. The molecule has 0 atom stereocenters. The molecule has 8 saturated carbocycles. The highest BCUT2D eigenvalue weighted by atomic mass is 35.5. The Labute approximate surface area is 298 Å². The number of anilines is 2. The quantitative estimate of drug-likeness (QED) is 0.230. The van der Waals surface area contributed by atoms with Gasteiger partial charge < -0.3 is 15.5 Å². The molecule has 0 amide bonds. The van der Waals surface area contributed by atoms with Crippen LogP contribution in [0.15, 0.2) is 48.5 Å². The molecule has 0 saturated heterocycles. The fourth-order valence-electron chi connectivity index (χ4n) is 10.6. The molecule has 10 rings (SSSR count). The monoisotopic (exact) mass is 738 g/mol. The SMILES string of the molecule is CN(NC1C2CC3CC(C2)CC1C3)c1cccc(C(F)(F)F)c1.CN(NC1C2CC3CC(C2)CC1C3)c1cccc(C(F)(F)F)c1.Cl.Cl.O. The highest BCUT2D eigenvalue weighted by molar-refractivity contribution is 5.85. The van der Waals surface area contributed by atoms with Gasteiger partial charge in [-0.05, 0) is 148 Å². The zero-order chi connectivity index (χ0) is 32.4. The number of nitrogens with one attached hydrogen (secondary N) is 2. The van der Waals surface area contributed by atoms with Gasteiger partial charge in [0.05, 0.1) is 22.5 Å². The van der Waals surface area contributed by atoms with E-state index in [1.807, 2.05) is 14.1 Å².